The van der Waals surface area contributed by atoms with Gasteiger partial charge in [-0.3, -0.25) is 9.69 Å². The molecule has 0 saturated heterocycles. The third-order valence-corrected chi connectivity index (χ3v) is 2.58. The van der Waals surface area contributed by atoms with Crippen molar-refractivity contribution in [2.45, 2.75) is 6.92 Å². The lowest BCUT2D eigenvalue weighted by atomic mass is 10.2. The highest BCUT2D eigenvalue weighted by atomic mass is 16.5. The summed E-state index contributed by atoms with van der Waals surface area (Å²) in [5.74, 6) is -0.876. The molecule has 1 aromatic carbocycles. The van der Waals surface area contributed by atoms with Crippen molar-refractivity contribution < 1.29 is 19.4 Å². The van der Waals surface area contributed by atoms with Crippen LogP contribution in [0.5, 0.6) is 5.75 Å². The molecule has 0 radical (unpaired) electrons. The maximum absolute atomic E-state index is 10.8. The molecule has 0 aliphatic carbocycles. The smallest absolute Gasteiger partial charge is 0.335 e. The molecule has 0 aliphatic heterocycles. The molecule has 6 nitrogen and oxygen atoms in total. The highest BCUT2D eigenvalue weighted by Crippen LogP contribution is 2.13. The number of carbonyl (C=O) groups is 2. The molecular weight excluding hydrogens is 248 g/mol. The first-order valence-corrected chi connectivity index (χ1v) is 5.99. The summed E-state index contributed by atoms with van der Waals surface area (Å²) in [5.41, 5.74) is 5.30. The Kier molecular flexibility index (Phi) is 5.81. The van der Waals surface area contributed by atoms with E-state index in [0.717, 1.165) is 0 Å². The van der Waals surface area contributed by atoms with Crippen molar-refractivity contribution in [2.24, 2.45) is 5.73 Å². The van der Waals surface area contributed by atoms with Crippen LogP contribution in [0.3, 0.4) is 0 Å². The first kappa shape index (κ1) is 15.0. The largest absolute Gasteiger partial charge is 0.492 e. The molecule has 0 bridgehead atoms. The minimum Gasteiger partial charge on any atom is -0.492 e. The molecule has 0 unspecified atom stereocenters. The van der Waals surface area contributed by atoms with E-state index in [2.05, 4.69) is 0 Å². The molecule has 0 fully saturated rings. The Morgan fingerprint density at radius 1 is 1.42 bits per heavy atom. The number of nitrogens with zero attached hydrogens (tertiary/aromatic N) is 1. The fourth-order valence-corrected chi connectivity index (χ4v) is 1.58. The van der Waals surface area contributed by atoms with Gasteiger partial charge in [0, 0.05) is 6.54 Å². The van der Waals surface area contributed by atoms with Crippen LogP contribution in [0.15, 0.2) is 24.3 Å². The maximum Gasteiger partial charge on any atom is 0.335 e. The lowest BCUT2D eigenvalue weighted by Gasteiger charge is -2.18. The second kappa shape index (κ2) is 7.38. The van der Waals surface area contributed by atoms with E-state index in [9.17, 15) is 9.59 Å². The zero-order chi connectivity index (χ0) is 14.3. The Bertz CT molecular complexity index is 448. The summed E-state index contributed by atoms with van der Waals surface area (Å²) in [6, 6.07) is 6.28. The van der Waals surface area contributed by atoms with Gasteiger partial charge in [0.1, 0.15) is 12.4 Å². The summed E-state index contributed by atoms with van der Waals surface area (Å²) < 4.78 is 5.45. The predicted molar refractivity (Wildman–Crippen MR) is 70.2 cm³/mol. The van der Waals surface area contributed by atoms with Gasteiger partial charge in [-0.25, -0.2) is 4.79 Å². The van der Waals surface area contributed by atoms with Gasteiger partial charge in [-0.15, -0.1) is 0 Å². The third-order valence-electron chi connectivity index (χ3n) is 2.58. The number of benzene rings is 1. The van der Waals surface area contributed by atoms with Gasteiger partial charge >= 0.3 is 5.97 Å². The molecular formula is C13H18N2O4. The van der Waals surface area contributed by atoms with Gasteiger partial charge in [0.25, 0.3) is 0 Å². The molecule has 0 aliphatic rings. The topological polar surface area (TPSA) is 92.9 Å². The number of aromatic carboxylic acids is 1. The van der Waals surface area contributed by atoms with Crippen molar-refractivity contribution in [3.8, 4) is 5.75 Å². The second-order valence-corrected chi connectivity index (χ2v) is 4.02. The summed E-state index contributed by atoms with van der Waals surface area (Å²) >= 11 is 0. The number of rotatable bonds is 8. The number of ether oxygens (including phenoxy) is 1. The number of hydrogen-bond acceptors (Lipinski definition) is 4. The van der Waals surface area contributed by atoms with Crippen molar-refractivity contribution >= 4 is 11.9 Å². The summed E-state index contributed by atoms with van der Waals surface area (Å²) in [5, 5.41) is 8.84. The number of amides is 1. The van der Waals surface area contributed by atoms with Gasteiger partial charge in [-0.05, 0) is 24.7 Å². The number of likely N-dealkylation sites (N-methyl/N-ethyl adjacent to an activating group) is 1. The molecule has 1 aromatic rings. The van der Waals surface area contributed by atoms with Crippen molar-refractivity contribution in [3.05, 3.63) is 29.8 Å². The number of carbonyl (C=O) groups excluding carboxylic acids is 1. The average Bonchev–Trinajstić information content (AvgIpc) is 2.37. The third kappa shape index (κ3) is 5.39. The number of carboxylic acid groups (broad SMARTS) is 1. The van der Waals surface area contributed by atoms with Gasteiger partial charge < -0.3 is 15.6 Å². The Labute approximate surface area is 111 Å². The second-order valence-electron chi connectivity index (χ2n) is 4.02. The molecule has 1 rings (SSSR count). The van der Waals surface area contributed by atoms with Crippen molar-refractivity contribution in [1.82, 2.24) is 4.90 Å². The SMILES string of the molecule is CCN(CCOc1cccc(C(=O)O)c1)CC(N)=O. The number of primary amides is 1. The lowest BCUT2D eigenvalue weighted by Crippen LogP contribution is -2.36. The summed E-state index contributed by atoms with van der Waals surface area (Å²) in [4.78, 5) is 23.4. The molecule has 6 heteroatoms. The Hall–Kier alpha value is -2.08. The maximum atomic E-state index is 10.8. The van der Waals surface area contributed by atoms with Gasteiger partial charge in [-0.1, -0.05) is 13.0 Å². The average molecular weight is 266 g/mol. The molecule has 1 amide bonds. The molecule has 0 spiro atoms. The normalized spacial score (nSPS) is 10.4. The van der Waals surface area contributed by atoms with Crippen LogP contribution in [0, 0.1) is 0 Å². The summed E-state index contributed by atoms with van der Waals surface area (Å²) in [7, 11) is 0. The summed E-state index contributed by atoms with van der Waals surface area (Å²) in [6.07, 6.45) is 0. The van der Waals surface area contributed by atoms with Crippen LogP contribution >= 0.6 is 0 Å². The van der Waals surface area contributed by atoms with Crippen LogP contribution in [-0.2, 0) is 4.79 Å². The molecule has 0 atom stereocenters. The fourth-order valence-electron chi connectivity index (χ4n) is 1.58. The molecule has 0 aromatic heterocycles. The van der Waals surface area contributed by atoms with E-state index >= 15 is 0 Å². The number of hydrogen-bond donors (Lipinski definition) is 2. The van der Waals surface area contributed by atoms with Crippen LogP contribution in [0.25, 0.3) is 0 Å². The molecule has 0 saturated carbocycles. The highest BCUT2D eigenvalue weighted by molar-refractivity contribution is 5.88. The van der Waals surface area contributed by atoms with E-state index in [1.54, 1.807) is 12.1 Å². The first-order chi connectivity index (χ1) is 9.02. The van der Waals surface area contributed by atoms with E-state index in [4.69, 9.17) is 15.6 Å². The Morgan fingerprint density at radius 3 is 2.74 bits per heavy atom. The van der Waals surface area contributed by atoms with Crippen LogP contribution in [0.1, 0.15) is 17.3 Å². The Balaban J connectivity index is 2.46. The zero-order valence-corrected chi connectivity index (χ0v) is 10.8. The van der Waals surface area contributed by atoms with Crippen LogP contribution < -0.4 is 10.5 Å². The quantitative estimate of drug-likeness (QED) is 0.717. The fraction of sp³-hybridized carbons (Fsp3) is 0.385. The number of nitrogens with two attached hydrogens (primary N) is 1. The highest BCUT2D eigenvalue weighted by Gasteiger charge is 2.07. The minimum atomic E-state index is -0.991. The summed E-state index contributed by atoms with van der Waals surface area (Å²) in [6.45, 7) is 3.73. The monoisotopic (exact) mass is 266 g/mol. The van der Waals surface area contributed by atoms with Crippen molar-refractivity contribution in [2.75, 3.05) is 26.2 Å². The van der Waals surface area contributed by atoms with Gasteiger partial charge in [0.2, 0.25) is 5.91 Å². The predicted octanol–water partition coefficient (Wildman–Crippen LogP) is 0.571. The molecule has 0 heterocycles. The Morgan fingerprint density at radius 2 is 2.16 bits per heavy atom. The standard InChI is InChI=1S/C13H18N2O4/c1-2-15(9-12(14)16)6-7-19-11-5-3-4-10(8-11)13(17)18/h3-5,8H,2,6-7,9H2,1H3,(H2,14,16)(H,17,18). The molecule has 19 heavy (non-hydrogen) atoms. The van der Waals surface area contributed by atoms with Crippen molar-refractivity contribution in [1.29, 1.82) is 0 Å². The van der Waals surface area contributed by atoms with Crippen LogP contribution in [0.4, 0.5) is 0 Å². The van der Waals surface area contributed by atoms with E-state index < -0.39 is 5.97 Å². The minimum absolute atomic E-state index is 0.182. The van der Waals surface area contributed by atoms with Gasteiger partial charge in [-0.2, -0.15) is 0 Å². The molecule has 104 valence electrons. The molecule has 3 N–H and O–H groups in total. The van der Waals surface area contributed by atoms with E-state index in [-0.39, 0.29) is 18.0 Å². The van der Waals surface area contributed by atoms with Crippen molar-refractivity contribution in [3.63, 3.8) is 0 Å². The van der Waals surface area contributed by atoms with Gasteiger partial charge in [0.15, 0.2) is 0 Å². The van der Waals surface area contributed by atoms with Crippen LogP contribution in [0.2, 0.25) is 0 Å². The van der Waals surface area contributed by atoms with E-state index in [0.29, 0.717) is 25.4 Å². The zero-order valence-electron chi connectivity index (χ0n) is 10.8. The van der Waals surface area contributed by atoms with Gasteiger partial charge in [0.05, 0.1) is 12.1 Å². The van der Waals surface area contributed by atoms with E-state index in [1.165, 1.54) is 12.1 Å². The lowest BCUT2D eigenvalue weighted by molar-refractivity contribution is -0.119. The van der Waals surface area contributed by atoms with E-state index in [1.807, 2.05) is 11.8 Å². The number of carboxylic acids is 1. The first-order valence-electron chi connectivity index (χ1n) is 5.99. The van der Waals surface area contributed by atoms with Crippen LogP contribution in [-0.4, -0.2) is 48.1 Å².